The van der Waals surface area contributed by atoms with Crippen LogP contribution in [-0.4, -0.2) is 77.5 Å². The monoisotopic (exact) mass is 358 g/mol. The second-order valence-corrected chi connectivity index (χ2v) is 8.42. The predicted octanol–water partition coefficient (Wildman–Crippen LogP) is 0.959. The molecule has 0 aliphatic heterocycles. The smallest absolute Gasteiger partial charge is 0.143 e. The summed E-state index contributed by atoms with van der Waals surface area (Å²) < 4.78 is 23.8. The summed E-state index contributed by atoms with van der Waals surface area (Å²) in [6.45, 7) is 15.3. The van der Waals surface area contributed by atoms with Gasteiger partial charge in [0, 0.05) is 30.1 Å². The van der Waals surface area contributed by atoms with E-state index >= 15 is 0 Å². The van der Waals surface area contributed by atoms with Crippen LogP contribution >= 0.6 is 0 Å². The standard InChI is InChI=1S/C18H40B2O5/c1-7-18(12-22-8-2,14-25-17(6,20)9-10-21)13-24-16(4,5)11-23-15(3)19/h15,21H,7-14,19-20H2,1-6H3. The molecule has 0 saturated carbocycles. The maximum atomic E-state index is 9.20. The lowest BCUT2D eigenvalue weighted by Gasteiger charge is -2.38. The molecule has 0 amide bonds. The van der Waals surface area contributed by atoms with Crippen LogP contribution < -0.4 is 0 Å². The number of ether oxygens (including phenoxy) is 4. The molecule has 1 N–H and O–H groups in total. The van der Waals surface area contributed by atoms with Gasteiger partial charge in [-0.3, -0.25) is 0 Å². The second-order valence-electron chi connectivity index (χ2n) is 8.42. The quantitative estimate of drug-likeness (QED) is 0.442. The van der Waals surface area contributed by atoms with E-state index in [0.717, 1.165) is 6.42 Å². The highest BCUT2D eigenvalue weighted by atomic mass is 16.6. The summed E-state index contributed by atoms with van der Waals surface area (Å²) in [7, 11) is 4.03. The van der Waals surface area contributed by atoms with Crippen LogP contribution in [0.2, 0.25) is 0 Å². The maximum Gasteiger partial charge on any atom is 0.143 e. The Morgan fingerprint density at radius 1 is 1.00 bits per heavy atom. The Bertz CT molecular complexity index is 350. The first-order chi connectivity index (χ1) is 11.5. The zero-order valence-corrected chi connectivity index (χ0v) is 17.8. The first-order valence-corrected chi connectivity index (χ1v) is 9.59. The van der Waals surface area contributed by atoms with Crippen molar-refractivity contribution in [3.05, 3.63) is 0 Å². The Morgan fingerprint density at radius 2 is 1.60 bits per heavy atom. The Morgan fingerprint density at radius 3 is 2.08 bits per heavy atom. The molecule has 0 aromatic heterocycles. The Kier molecular flexibility index (Phi) is 11.6. The second kappa shape index (κ2) is 11.6. The fourth-order valence-corrected chi connectivity index (χ4v) is 2.20. The molecule has 0 saturated heterocycles. The lowest BCUT2D eigenvalue weighted by Crippen LogP contribution is -2.44. The molecule has 0 fully saturated rings. The van der Waals surface area contributed by atoms with Crippen molar-refractivity contribution in [1.29, 1.82) is 0 Å². The lowest BCUT2D eigenvalue weighted by atomic mass is 9.79. The van der Waals surface area contributed by atoms with Crippen LogP contribution in [0.1, 0.15) is 54.4 Å². The van der Waals surface area contributed by atoms with Crippen molar-refractivity contribution in [2.45, 2.75) is 71.5 Å². The van der Waals surface area contributed by atoms with E-state index in [1.807, 2.05) is 50.3 Å². The van der Waals surface area contributed by atoms with Gasteiger partial charge in [0.2, 0.25) is 0 Å². The normalized spacial score (nSPS) is 18.5. The van der Waals surface area contributed by atoms with E-state index in [1.165, 1.54) is 0 Å². The SMILES string of the molecule is BC(C)OCC(C)(C)OCC(CC)(COCC)COC(B)(C)CCO. The van der Waals surface area contributed by atoms with Crippen molar-refractivity contribution in [3.63, 3.8) is 0 Å². The van der Waals surface area contributed by atoms with E-state index in [2.05, 4.69) is 6.92 Å². The molecule has 148 valence electrons. The van der Waals surface area contributed by atoms with Crippen LogP contribution in [0, 0.1) is 5.41 Å². The molecule has 0 heterocycles. The molecular formula is C18H40B2O5. The molecule has 0 rings (SSSR count). The third-order valence-corrected chi connectivity index (χ3v) is 4.38. The molecule has 3 unspecified atom stereocenters. The molecule has 0 radical (unpaired) electrons. The lowest BCUT2D eigenvalue weighted by molar-refractivity contribution is -0.145. The zero-order valence-electron chi connectivity index (χ0n) is 17.8. The van der Waals surface area contributed by atoms with Gasteiger partial charge in [-0.1, -0.05) is 6.92 Å². The van der Waals surface area contributed by atoms with Crippen molar-refractivity contribution in [1.82, 2.24) is 0 Å². The van der Waals surface area contributed by atoms with Gasteiger partial charge in [-0.2, -0.15) is 0 Å². The van der Waals surface area contributed by atoms with E-state index in [4.69, 9.17) is 18.9 Å². The van der Waals surface area contributed by atoms with Gasteiger partial charge < -0.3 is 24.1 Å². The van der Waals surface area contributed by atoms with E-state index in [1.54, 1.807) is 0 Å². The molecule has 0 spiro atoms. The number of hydrogen-bond donors (Lipinski definition) is 1. The molecule has 25 heavy (non-hydrogen) atoms. The Hall–Kier alpha value is -0.0701. The summed E-state index contributed by atoms with van der Waals surface area (Å²) in [6, 6.07) is 0.185. The Labute approximate surface area is 156 Å². The minimum Gasteiger partial charge on any atom is -0.396 e. The van der Waals surface area contributed by atoms with E-state index < -0.39 is 0 Å². The fourth-order valence-electron chi connectivity index (χ4n) is 2.20. The van der Waals surface area contributed by atoms with Gasteiger partial charge in [-0.05, 0) is 47.5 Å². The highest BCUT2D eigenvalue weighted by molar-refractivity contribution is 6.14. The minimum atomic E-state index is -0.364. The third kappa shape index (κ3) is 11.3. The molecule has 5 nitrogen and oxygen atoms in total. The topological polar surface area (TPSA) is 57.2 Å². The summed E-state index contributed by atoms with van der Waals surface area (Å²) in [6.07, 6.45) is 1.50. The first kappa shape index (κ1) is 24.9. The Balaban J connectivity index is 4.89. The van der Waals surface area contributed by atoms with Crippen molar-refractivity contribution < 1.29 is 24.1 Å². The average molecular weight is 358 g/mol. The van der Waals surface area contributed by atoms with Crippen LogP contribution in [0.5, 0.6) is 0 Å². The highest BCUT2D eigenvalue weighted by Crippen LogP contribution is 2.28. The summed E-state index contributed by atoms with van der Waals surface area (Å²) in [4.78, 5) is 0. The summed E-state index contributed by atoms with van der Waals surface area (Å²) in [5, 5.41) is 9.20. The van der Waals surface area contributed by atoms with Gasteiger partial charge in [0.05, 0.1) is 32.0 Å². The van der Waals surface area contributed by atoms with E-state index in [0.29, 0.717) is 39.5 Å². The van der Waals surface area contributed by atoms with Gasteiger partial charge >= 0.3 is 0 Å². The summed E-state index contributed by atoms with van der Waals surface area (Å²) in [5.41, 5.74) is -0.937. The molecular weight excluding hydrogens is 318 g/mol. The summed E-state index contributed by atoms with van der Waals surface area (Å²) in [5.74, 6) is 0. The van der Waals surface area contributed by atoms with Crippen molar-refractivity contribution >= 4 is 15.7 Å². The molecule has 0 aliphatic rings. The highest BCUT2D eigenvalue weighted by Gasteiger charge is 2.35. The minimum absolute atomic E-state index is 0.119. The van der Waals surface area contributed by atoms with Crippen molar-refractivity contribution in [2.75, 3.05) is 39.6 Å². The number of aliphatic hydroxyl groups is 1. The number of aliphatic hydroxyl groups excluding tert-OH is 1. The van der Waals surface area contributed by atoms with Gasteiger partial charge in [-0.25, -0.2) is 0 Å². The van der Waals surface area contributed by atoms with E-state index in [-0.39, 0.29) is 29.1 Å². The van der Waals surface area contributed by atoms with Crippen LogP contribution in [0.15, 0.2) is 0 Å². The van der Waals surface area contributed by atoms with E-state index in [9.17, 15) is 5.11 Å². The molecule has 0 aromatic carbocycles. The number of rotatable bonds is 15. The van der Waals surface area contributed by atoms with Gasteiger partial charge in [0.15, 0.2) is 0 Å². The third-order valence-electron chi connectivity index (χ3n) is 4.38. The van der Waals surface area contributed by atoms with Crippen LogP contribution in [0.4, 0.5) is 0 Å². The van der Waals surface area contributed by atoms with Crippen LogP contribution in [0.3, 0.4) is 0 Å². The molecule has 0 bridgehead atoms. The largest absolute Gasteiger partial charge is 0.396 e. The van der Waals surface area contributed by atoms with Crippen molar-refractivity contribution in [2.24, 2.45) is 5.41 Å². The maximum absolute atomic E-state index is 9.20. The van der Waals surface area contributed by atoms with Gasteiger partial charge in [0.25, 0.3) is 0 Å². The first-order valence-electron chi connectivity index (χ1n) is 9.59. The van der Waals surface area contributed by atoms with Crippen LogP contribution in [-0.2, 0) is 18.9 Å². The summed E-state index contributed by atoms with van der Waals surface area (Å²) >= 11 is 0. The van der Waals surface area contributed by atoms with Crippen molar-refractivity contribution in [3.8, 4) is 0 Å². The predicted molar refractivity (Wildman–Crippen MR) is 108 cm³/mol. The molecule has 7 heteroatoms. The molecule has 0 aromatic rings. The molecule has 3 atom stereocenters. The fraction of sp³-hybridized carbons (Fsp3) is 1.00. The van der Waals surface area contributed by atoms with Gasteiger partial charge in [0.1, 0.15) is 15.7 Å². The van der Waals surface area contributed by atoms with Crippen LogP contribution in [0.25, 0.3) is 0 Å². The number of hydrogen-bond acceptors (Lipinski definition) is 5. The van der Waals surface area contributed by atoms with Gasteiger partial charge in [-0.15, -0.1) is 0 Å². The average Bonchev–Trinajstić information content (AvgIpc) is 2.53. The zero-order chi connectivity index (χ0) is 19.6. The molecule has 0 aliphatic carbocycles.